The van der Waals surface area contributed by atoms with Crippen molar-refractivity contribution < 1.29 is 13.2 Å². The number of halogens is 3. The van der Waals surface area contributed by atoms with Crippen molar-refractivity contribution in [2.75, 3.05) is 22.4 Å². The van der Waals surface area contributed by atoms with Crippen molar-refractivity contribution >= 4 is 66.4 Å². The van der Waals surface area contributed by atoms with Gasteiger partial charge in [-0.2, -0.15) is 0 Å². The quantitative estimate of drug-likeness (QED) is 0.741. The fourth-order valence-corrected chi connectivity index (χ4v) is 3.73. The van der Waals surface area contributed by atoms with Crippen LogP contribution in [0.5, 0.6) is 0 Å². The van der Waals surface area contributed by atoms with E-state index in [0.717, 1.165) is 15.0 Å². The molecule has 5 nitrogen and oxygen atoms in total. The topological polar surface area (TPSA) is 66.5 Å². The first kappa shape index (κ1) is 19.1. The molecule has 2 aromatic carbocycles. The third-order valence-electron chi connectivity index (χ3n) is 2.93. The van der Waals surface area contributed by atoms with Crippen LogP contribution in [0.3, 0.4) is 0 Å². The van der Waals surface area contributed by atoms with Gasteiger partial charge in [0.25, 0.3) is 0 Å². The third kappa shape index (κ3) is 5.37. The molecule has 0 fully saturated rings. The minimum absolute atomic E-state index is 0.222. The first-order valence-corrected chi connectivity index (χ1v) is 10.0. The average molecular weight is 452 g/mol. The third-order valence-corrected chi connectivity index (χ3v) is 5.00. The van der Waals surface area contributed by atoms with Crippen molar-refractivity contribution in [2.24, 2.45) is 0 Å². The Bertz CT molecular complexity index is 855. The number of hydrogen-bond donors (Lipinski definition) is 1. The average Bonchev–Trinajstić information content (AvgIpc) is 2.42. The second kappa shape index (κ2) is 7.74. The fraction of sp³-hybridized carbons (Fsp3) is 0.133. The number of rotatable bonds is 5. The maximum atomic E-state index is 12.2. The summed E-state index contributed by atoms with van der Waals surface area (Å²) in [6, 6.07) is 11.3. The second-order valence-electron chi connectivity index (χ2n) is 4.96. The maximum Gasteiger partial charge on any atom is 0.245 e. The van der Waals surface area contributed by atoms with Crippen LogP contribution in [-0.2, 0) is 14.8 Å². The number of carbonyl (C=O) groups is 1. The van der Waals surface area contributed by atoms with Crippen LogP contribution >= 0.6 is 39.1 Å². The largest absolute Gasteiger partial charge is 0.324 e. The number of amides is 1. The Balaban J connectivity index is 2.25. The molecule has 128 valence electrons. The van der Waals surface area contributed by atoms with Gasteiger partial charge in [0.1, 0.15) is 6.54 Å². The normalized spacial score (nSPS) is 11.2. The Labute approximate surface area is 158 Å². The van der Waals surface area contributed by atoms with Gasteiger partial charge in [-0.1, -0.05) is 45.2 Å². The number of anilines is 2. The summed E-state index contributed by atoms with van der Waals surface area (Å²) in [5.74, 6) is -0.491. The van der Waals surface area contributed by atoms with E-state index in [1.54, 1.807) is 18.2 Å². The fourth-order valence-electron chi connectivity index (χ4n) is 1.98. The number of benzene rings is 2. The zero-order chi connectivity index (χ0) is 17.9. The Morgan fingerprint density at radius 2 is 1.79 bits per heavy atom. The summed E-state index contributed by atoms with van der Waals surface area (Å²) in [7, 11) is -3.70. The first-order chi connectivity index (χ1) is 11.1. The van der Waals surface area contributed by atoms with Gasteiger partial charge in [-0.25, -0.2) is 8.42 Å². The Morgan fingerprint density at radius 1 is 1.17 bits per heavy atom. The number of nitrogens with zero attached hydrogens (tertiary/aromatic N) is 1. The van der Waals surface area contributed by atoms with E-state index in [0.29, 0.717) is 5.69 Å². The molecule has 0 saturated carbocycles. The molecule has 0 saturated heterocycles. The summed E-state index contributed by atoms with van der Waals surface area (Å²) in [4.78, 5) is 12.2. The molecule has 0 aliphatic heterocycles. The SMILES string of the molecule is CS(=O)(=O)N(CC(=O)Nc1cccc(Br)c1)c1cc(Cl)cc(Cl)c1. The smallest absolute Gasteiger partial charge is 0.245 e. The van der Waals surface area contributed by atoms with Crippen molar-refractivity contribution in [3.05, 3.63) is 57.0 Å². The Kier molecular flexibility index (Phi) is 6.14. The lowest BCUT2D eigenvalue weighted by molar-refractivity contribution is -0.114. The van der Waals surface area contributed by atoms with E-state index >= 15 is 0 Å². The molecule has 0 radical (unpaired) electrons. The highest BCUT2D eigenvalue weighted by atomic mass is 79.9. The van der Waals surface area contributed by atoms with Gasteiger partial charge in [-0.15, -0.1) is 0 Å². The van der Waals surface area contributed by atoms with Crippen LogP contribution in [-0.4, -0.2) is 27.1 Å². The summed E-state index contributed by atoms with van der Waals surface area (Å²) in [5, 5.41) is 3.20. The molecule has 1 N–H and O–H groups in total. The predicted octanol–water partition coefficient (Wildman–Crippen LogP) is 4.16. The monoisotopic (exact) mass is 450 g/mol. The summed E-state index contributed by atoms with van der Waals surface area (Å²) < 4.78 is 25.8. The van der Waals surface area contributed by atoms with E-state index in [1.807, 2.05) is 6.07 Å². The minimum Gasteiger partial charge on any atom is -0.324 e. The summed E-state index contributed by atoms with van der Waals surface area (Å²) in [5.41, 5.74) is 0.770. The number of hydrogen-bond acceptors (Lipinski definition) is 3. The van der Waals surface area contributed by atoms with Crippen LogP contribution in [0.25, 0.3) is 0 Å². The summed E-state index contributed by atoms with van der Waals surface area (Å²) in [6.07, 6.45) is 1.01. The van der Waals surface area contributed by atoms with E-state index in [2.05, 4.69) is 21.2 Å². The molecule has 0 atom stereocenters. The molecule has 0 aromatic heterocycles. The molecular formula is C15H13BrCl2N2O3S. The molecule has 0 bridgehead atoms. The lowest BCUT2D eigenvalue weighted by atomic mass is 10.3. The van der Waals surface area contributed by atoms with Crippen LogP contribution < -0.4 is 9.62 Å². The number of carbonyl (C=O) groups excluding carboxylic acids is 1. The van der Waals surface area contributed by atoms with E-state index in [9.17, 15) is 13.2 Å². The highest BCUT2D eigenvalue weighted by molar-refractivity contribution is 9.10. The molecule has 2 aromatic rings. The maximum absolute atomic E-state index is 12.2. The molecule has 2 rings (SSSR count). The van der Waals surface area contributed by atoms with Crippen molar-refractivity contribution in [3.63, 3.8) is 0 Å². The van der Waals surface area contributed by atoms with Crippen LogP contribution in [0.2, 0.25) is 10.0 Å². The molecule has 24 heavy (non-hydrogen) atoms. The van der Waals surface area contributed by atoms with Crippen LogP contribution in [0.1, 0.15) is 0 Å². The van der Waals surface area contributed by atoms with Gasteiger partial charge >= 0.3 is 0 Å². The molecule has 1 amide bonds. The molecule has 0 spiro atoms. The summed E-state index contributed by atoms with van der Waals surface area (Å²) in [6.45, 7) is -0.401. The Morgan fingerprint density at radius 3 is 2.33 bits per heavy atom. The van der Waals surface area contributed by atoms with E-state index in [-0.39, 0.29) is 15.7 Å². The first-order valence-electron chi connectivity index (χ1n) is 6.64. The second-order valence-corrected chi connectivity index (χ2v) is 8.65. The van der Waals surface area contributed by atoms with Crippen LogP contribution in [0.15, 0.2) is 46.9 Å². The zero-order valence-corrected chi connectivity index (χ0v) is 16.4. The van der Waals surface area contributed by atoms with Crippen molar-refractivity contribution in [1.29, 1.82) is 0 Å². The highest BCUT2D eigenvalue weighted by Crippen LogP contribution is 2.27. The molecule has 0 aliphatic rings. The predicted molar refractivity (Wildman–Crippen MR) is 101 cm³/mol. The standard InChI is InChI=1S/C15H13BrCl2N2O3S/c1-24(22,23)20(14-7-11(17)6-12(18)8-14)9-15(21)19-13-4-2-3-10(16)5-13/h2-8H,9H2,1H3,(H,19,21). The van der Waals surface area contributed by atoms with Gasteiger partial charge in [0.2, 0.25) is 15.9 Å². The number of nitrogens with one attached hydrogen (secondary N) is 1. The van der Waals surface area contributed by atoms with Crippen molar-refractivity contribution in [2.45, 2.75) is 0 Å². The summed E-state index contributed by atoms with van der Waals surface area (Å²) >= 11 is 15.1. The molecule has 0 aliphatic carbocycles. The van der Waals surface area contributed by atoms with Crippen molar-refractivity contribution in [3.8, 4) is 0 Å². The molecule has 0 unspecified atom stereocenters. The van der Waals surface area contributed by atoms with Gasteiger partial charge in [0, 0.05) is 20.2 Å². The molecule has 0 heterocycles. The van der Waals surface area contributed by atoms with Gasteiger partial charge in [0.15, 0.2) is 0 Å². The molecular weight excluding hydrogens is 439 g/mol. The van der Waals surface area contributed by atoms with Crippen molar-refractivity contribution in [1.82, 2.24) is 0 Å². The van der Waals surface area contributed by atoms with Crippen LogP contribution in [0, 0.1) is 0 Å². The van der Waals surface area contributed by atoms with Crippen LogP contribution in [0.4, 0.5) is 11.4 Å². The van der Waals surface area contributed by atoms with E-state index in [1.165, 1.54) is 18.2 Å². The molecule has 9 heteroatoms. The highest BCUT2D eigenvalue weighted by Gasteiger charge is 2.21. The van der Waals surface area contributed by atoms with E-state index < -0.39 is 22.5 Å². The minimum atomic E-state index is -3.70. The lowest BCUT2D eigenvalue weighted by Crippen LogP contribution is -2.37. The van der Waals surface area contributed by atoms with Gasteiger partial charge < -0.3 is 5.32 Å². The van der Waals surface area contributed by atoms with E-state index in [4.69, 9.17) is 23.2 Å². The Hall–Kier alpha value is -1.28. The van der Waals surface area contributed by atoms with Gasteiger partial charge in [-0.05, 0) is 36.4 Å². The number of sulfonamides is 1. The van der Waals surface area contributed by atoms with Gasteiger partial charge in [0.05, 0.1) is 11.9 Å². The zero-order valence-electron chi connectivity index (χ0n) is 12.5. The lowest BCUT2D eigenvalue weighted by Gasteiger charge is -2.22. The van der Waals surface area contributed by atoms with Gasteiger partial charge in [-0.3, -0.25) is 9.10 Å².